The van der Waals surface area contributed by atoms with Crippen molar-refractivity contribution >= 4 is 22.9 Å². The summed E-state index contributed by atoms with van der Waals surface area (Å²) < 4.78 is 0. The lowest BCUT2D eigenvalue weighted by Crippen LogP contribution is -2.14. The maximum Gasteiger partial charge on any atom is 0.295 e. The normalized spacial score (nSPS) is 10.6. The van der Waals surface area contributed by atoms with E-state index in [4.69, 9.17) is 0 Å². The SMILES string of the molecule is O=C(Nc1nc2ccccc2[nH]1)c1ncn[nH]1. The van der Waals surface area contributed by atoms with Crippen molar-refractivity contribution in [3.8, 4) is 0 Å². The zero-order valence-corrected chi connectivity index (χ0v) is 8.64. The zero-order valence-electron chi connectivity index (χ0n) is 8.64. The Hall–Kier alpha value is -2.70. The van der Waals surface area contributed by atoms with Gasteiger partial charge < -0.3 is 4.98 Å². The molecule has 2 heterocycles. The summed E-state index contributed by atoms with van der Waals surface area (Å²) in [5.74, 6) is 0.139. The molecule has 3 aromatic rings. The number of hydrogen-bond acceptors (Lipinski definition) is 4. The van der Waals surface area contributed by atoms with E-state index in [2.05, 4.69) is 30.5 Å². The van der Waals surface area contributed by atoms with Crippen LogP contribution in [0.4, 0.5) is 5.95 Å². The molecule has 0 saturated carbocycles. The zero-order chi connectivity index (χ0) is 11.7. The summed E-state index contributed by atoms with van der Waals surface area (Å²) in [5.41, 5.74) is 1.65. The van der Waals surface area contributed by atoms with E-state index in [1.165, 1.54) is 6.33 Å². The fourth-order valence-corrected chi connectivity index (χ4v) is 1.49. The fourth-order valence-electron chi connectivity index (χ4n) is 1.49. The van der Waals surface area contributed by atoms with Crippen molar-refractivity contribution in [2.24, 2.45) is 0 Å². The van der Waals surface area contributed by atoms with Crippen LogP contribution in [0.5, 0.6) is 0 Å². The van der Waals surface area contributed by atoms with E-state index in [0.717, 1.165) is 11.0 Å². The molecule has 0 spiro atoms. The van der Waals surface area contributed by atoms with Crippen LogP contribution in [0, 0.1) is 0 Å². The number of carbonyl (C=O) groups excluding carboxylic acids is 1. The second-order valence-corrected chi connectivity index (χ2v) is 3.39. The number of H-pyrrole nitrogens is 2. The number of benzene rings is 1. The Balaban J connectivity index is 1.88. The number of anilines is 1. The first-order valence-electron chi connectivity index (χ1n) is 4.94. The van der Waals surface area contributed by atoms with Crippen molar-refractivity contribution in [1.29, 1.82) is 0 Å². The van der Waals surface area contributed by atoms with Gasteiger partial charge in [0.25, 0.3) is 5.91 Å². The van der Waals surface area contributed by atoms with Gasteiger partial charge in [-0.05, 0) is 12.1 Å². The van der Waals surface area contributed by atoms with Crippen molar-refractivity contribution in [3.05, 3.63) is 36.4 Å². The van der Waals surface area contributed by atoms with Crippen LogP contribution < -0.4 is 5.32 Å². The molecule has 0 saturated heterocycles. The molecule has 7 nitrogen and oxygen atoms in total. The molecule has 0 fully saturated rings. The molecule has 0 atom stereocenters. The minimum absolute atomic E-state index is 0.144. The third-order valence-electron chi connectivity index (χ3n) is 2.25. The van der Waals surface area contributed by atoms with Crippen molar-refractivity contribution in [2.45, 2.75) is 0 Å². The maximum atomic E-state index is 11.6. The number of aromatic nitrogens is 5. The third-order valence-corrected chi connectivity index (χ3v) is 2.25. The summed E-state index contributed by atoms with van der Waals surface area (Å²) in [5, 5.41) is 8.67. The number of imidazole rings is 1. The van der Waals surface area contributed by atoms with Gasteiger partial charge in [-0.2, -0.15) is 5.10 Å². The van der Waals surface area contributed by atoms with E-state index in [0.29, 0.717) is 5.95 Å². The van der Waals surface area contributed by atoms with Gasteiger partial charge >= 0.3 is 0 Å². The average Bonchev–Trinajstić information content (AvgIpc) is 2.97. The number of hydrogen-bond donors (Lipinski definition) is 3. The monoisotopic (exact) mass is 228 g/mol. The summed E-state index contributed by atoms with van der Waals surface area (Å²) in [6.07, 6.45) is 1.27. The second kappa shape index (κ2) is 3.71. The number of fused-ring (bicyclic) bond motifs is 1. The van der Waals surface area contributed by atoms with Crippen LogP contribution >= 0.6 is 0 Å². The lowest BCUT2D eigenvalue weighted by Gasteiger charge is -1.96. The Kier molecular flexibility index (Phi) is 2.08. The van der Waals surface area contributed by atoms with Gasteiger partial charge in [0.15, 0.2) is 0 Å². The summed E-state index contributed by atoms with van der Waals surface area (Å²) >= 11 is 0. The Morgan fingerprint density at radius 2 is 2.18 bits per heavy atom. The predicted octanol–water partition coefficient (Wildman–Crippen LogP) is 0.933. The number of aromatic amines is 2. The molecule has 3 N–H and O–H groups in total. The van der Waals surface area contributed by atoms with Gasteiger partial charge in [-0.1, -0.05) is 12.1 Å². The van der Waals surface area contributed by atoms with Crippen LogP contribution in [0.25, 0.3) is 11.0 Å². The second-order valence-electron chi connectivity index (χ2n) is 3.39. The highest BCUT2D eigenvalue weighted by Gasteiger charge is 2.11. The van der Waals surface area contributed by atoms with Crippen molar-refractivity contribution in [2.75, 3.05) is 5.32 Å². The van der Waals surface area contributed by atoms with Gasteiger partial charge in [-0.15, -0.1) is 0 Å². The van der Waals surface area contributed by atoms with Crippen LogP contribution in [0.3, 0.4) is 0 Å². The Bertz CT molecular complexity index is 623. The Morgan fingerprint density at radius 1 is 1.29 bits per heavy atom. The molecule has 0 aliphatic heterocycles. The first kappa shape index (κ1) is 9.52. The van der Waals surface area contributed by atoms with Gasteiger partial charge in [0.05, 0.1) is 11.0 Å². The Morgan fingerprint density at radius 3 is 2.94 bits per heavy atom. The van der Waals surface area contributed by atoms with Crippen LogP contribution in [0.1, 0.15) is 10.6 Å². The smallest absolute Gasteiger partial charge is 0.295 e. The maximum absolute atomic E-state index is 11.6. The number of para-hydroxylation sites is 2. The van der Waals surface area contributed by atoms with Crippen LogP contribution in [0.2, 0.25) is 0 Å². The summed E-state index contributed by atoms with van der Waals surface area (Å²) in [6, 6.07) is 7.51. The molecule has 84 valence electrons. The first-order valence-corrected chi connectivity index (χ1v) is 4.94. The van der Waals surface area contributed by atoms with E-state index in [1.54, 1.807) is 0 Å². The number of nitrogens with zero attached hydrogens (tertiary/aromatic N) is 3. The number of carbonyl (C=O) groups is 1. The molecule has 0 radical (unpaired) electrons. The van der Waals surface area contributed by atoms with Gasteiger partial charge in [0.1, 0.15) is 6.33 Å². The molecule has 7 heteroatoms. The van der Waals surface area contributed by atoms with Crippen LogP contribution in [-0.4, -0.2) is 31.1 Å². The molecule has 0 aliphatic rings. The minimum atomic E-state index is -0.387. The van der Waals surface area contributed by atoms with Crippen LogP contribution in [-0.2, 0) is 0 Å². The molecular weight excluding hydrogens is 220 g/mol. The van der Waals surface area contributed by atoms with Crippen molar-refractivity contribution < 1.29 is 4.79 Å². The first-order chi connectivity index (χ1) is 8.33. The lowest BCUT2D eigenvalue weighted by atomic mass is 10.3. The summed E-state index contributed by atoms with van der Waals surface area (Å²) in [6.45, 7) is 0. The largest absolute Gasteiger partial charge is 0.324 e. The molecule has 1 aromatic carbocycles. The van der Waals surface area contributed by atoms with Gasteiger partial charge in [-0.25, -0.2) is 9.97 Å². The van der Waals surface area contributed by atoms with E-state index in [9.17, 15) is 4.79 Å². The molecule has 0 aliphatic carbocycles. The molecule has 17 heavy (non-hydrogen) atoms. The van der Waals surface area contributed by atoms with Gasteiger partial charge in [-0.3, -0.25) is 15.2 Å². The van der Waals surface area contributed by atoms with Crippen molar-refractivity contribution in [1.82, 2.24) is 25.1 Å². The fraction of sp³-hybridized carbons (Fsp3) is 0. The standard InChI is InChI=1S/C10H8N6O/c17-9(8-11-5-12-16-8)15-10-13-6-3-1-2-4-7(6)14-10/h1-5H,(H,11,12,16)(H2,13,14,15,17). The molecular formula is C10H8N6O. The van der Waals surface area contributed by atoms with Gasteiger partial charge in [0.2, 0.25) is 11.8 Å². The molecule has 2 aromatic heterocycles. The topological polar surface area (TPSA) is 99.3 Å². The molecule has 1 amide bonds. The minimum Gasteiger partial charge on any atom is -0.324 e. The van der Waals surface area contributed by atoms with E-state index >= 15 is 0 Å². The van der Waals surface area contributed by atoms with E-state index < -0.39 is 0 Å². The van der Waals surface area contributed by atoms with Gasteiger partial charge in [0, 0.05) is 0 Å². The number of nitrogens with one attached hydrogen (secondary N) is 3. The van der Waals surface area contributed by atoms with Crippen molar-refractivity contribution in [3.63, 3.8) is 0 Å². The third kappa shape index (κ3) is 1.73. The highest BCUT2D eigenvalue weighted by molar-refractivity contribution is 6.01. The molecule has 0 unspecified atom stereocenters. The summed E-state index contributed by atoms with van der Waals surface area (Å²) in [7, 11) is 0. The number of amides is 1. The van der Waals surface area contributed by atoms with Crippen LogP contribution in [0.15, 0.2) is 30.6 Å². The highest BCUT2D eigenvalue weighted by Crippen LogP contribution is 2.13. The lowest BCUT2D eigenvalue weighted by molar-refractivity contribution is 0.101. The molecule has 0 bridgehead atoms. The highest BCUT2D eigenvalue weighted by atomic mass is 16.2. The Labute approximate surface area is 95.3 Å². The van der Waals surface area contributed by atoms with E-state index in [1.807, 2.05) is 24.3 Å². The molecule has 3 rings (SSSR count). The summed E-state index contributed by atoms with van der Waals surface area (Å²) in [4.78, 5) is 22.6. The quantitative estimate of drug-likeness (QED) is 0.607. The number of rotatable bonds is 2. The average molecular weight is 228 g/mol. The predicted molar refractivity (Wildman–Crippen MR) is 60.4 cm³/mol. The van der Waals surface area contributed by atoms with E-state index in [-0.39, 0.29) is 11.7 Å².